The fraction of sp³-hybridized carbons (Fsp3) is 0.536. The van der Waals surface area contributed by atoms with Crippen LogP contribution in [0.15, 0.2) is 36.5 Å². The van der Waals surface area contributed by atoms with Crippen LogP contribution in [0.5, 0.6) is 5.75 Å². The highest BCUT2D eigenvalue weighted by atomic mass is 16.5. The number of benzene rings is 1. The van der Waals surface area contributed by atoms with E-state index in [0.29, 0.717) is 12.5 Å². The fourth-order valence-electron chi connectivity index (χ4n) is 4.79. The maximum Gasteiger partial charge on any atom is 0.234 e. The minimum Gasteiger partial charge on any atom is -0.492 e. The summed E-state index contributed by atoms with van der Waals surface area (Å²) in [6, 6.07) is 12.9. The predicted octanol–water partition coefficient (Wildman–Crippen LogP) is 4.67. The van der Waals surface area contributed by atoms with Gasteiger partial charge in [0.1, 0.15) is 24.1 Å². The van der Waals surface area contributed by atoms with Crippen LogP contribution in [0.2, 0.25) is 0 Å². The zero-order chi connectivity index (χ0) is 25.0. The van der Waals surface area contributed by atoms with Gasteiger partial charge in [0.15, 0.2) is 0 Å². The van der Waals surface area contributed by atoms with Gasteiger partial charge in [0.2, 0.25) is 5.82 Å². The number of rotatable bonds is 8. The topological polar surface area (TPSA) is 70.2 Å². The van der Waals surface area contributed by atoms with Gasteiger partial charge in [0.25, 0.3) is 0 Å². The van der Waals surface area contributed by atoms with Crippen LogP contribution in [-0.2, 0) is 13.1 Å². The second-order valence-corrected chi connectivity index (χ2v) is 11.1. The lowest BCUT2D eigenvalue weighted by Gasteiger charge is -2.33. The number of fused-ring (bicyclic) bond motifs is 1. The molecule has 1 aliphatic heterocycles. The molecule has 1 aromatic carbocycles. The summed E-state index contributed by atoms with van der Waals surface area (Å²) in [5.41, 5.74) is 3.59. The van der Waals surface area contributed by atoms with Crippen molar-refractivity contribution >= 4 is 11.0 Å². The van der Waals surface area contributed by atoms with Crippen molar-refractivity contribution < 1.29 is 4.74 Å². The normalized spacial score (nSPS) is 15.6. The highest BCUT2D eigenvalue weighted by Gasteiger charge is 2.24. The second kappa shape index (κ2) is 10.8. The van der Waals surface area contributed by atoms with Gasteiger partial charge in [0.05, 0.1) is 0 Å². The summed E-state index contributed by atoms with van der Waals surface area (Å²) >= 11 is 0. The van der Waals surface area contributed by atoms with Crippen molar-refractivity contribution in [1.29, 1.82) is 5.26 Å². The van der Waals surface area contributed by atoms with Gasteiger partial charge in [0, 0.05) is 36.9 Å². The lowest BCUT2D eigenvalue weighted by Crippen LogP contribution is -2.33. The van der Waals surface area contributed by atoms with Gasteiger partial charge in [-0.05, 0) is 75.1 Å². The molecule has 0 N–H and O–H groups in total. The molecular formula is C28H38N6O. The van der Waals surface area contributed by atoms with Gasteiger partial charge in [-0.2, -0.15) is 5.26 Å². The van der Waals surface area contributed by atoms with E-state index in [0.717, 1.165) is 62.3 Å². The smallest absolute Gasteiger partial charge is 0.234 e. The molecule has 0 aliphatic carbocycles. The van der Waals surface area contributed by atoms with Gasteiger partial charge in [-0.3, -0.25) is 4.90 Å². The molecule has 0 bridgehead atoms. The number of piperidine rings is 1. The first-order valence-corrected chi connectivity index (χ1v) is 12.6. The van der Waals surface area contributed by atoms with Crippen LogP contribution in [0.4, 0.5) is 0 Å². The Kier molecular flexibility index (Phi) is 7.73. The number of likely N-dealkylation sites (N-methyl/N-ethyl adjacent to an activating group) is 1. The van der Waals surface area contributed by atoms with E-state index in [1.807, 2.05) is 0 Å². The summed E-state index contributed by atoms with van der Waals surface area (Å²) < 4.78 is 8.25. The molecule has 3 heterocycles. The molecule has 1 aliphatic rings. The molecule has 1 fully saturated rings. The zero-order valence-electron chi connectivity index (χ0n) is 21.8. The third kappa shape index (κ3) is 6.59. The van der Waals surface area contributed by atoms with E-state index in [-0.39, 0.29) is 11.2 Å². The molecule has 4 rings (SSSR count). The molecule has 3 aromatic rings. The lowest BCUT2D eigenvalue weighted by atomic mass is 9.89. The number of likely N-dealkylation sites (tertiary alicyclic amines) is 1. The van der Waals surface area contributed by atoms with Crippen molar-refractivity contribution in [3.63, 3.8) is 0 Å². The fourth-order valence-corrected chi connectivity index (χ4v) is 4.79. The van der Waals surface area contributed by atoms with E-state index in [4.69, 9.17) is 4.74 Å². The Hall–Kier alpha value is -2.95. The van der Waals surface area contributed by atoms with Gasteiger partial charge < -0.3 is 14.2 Å². The van der Waals surface area contributed by atoms with Gasteiger partial charge in [-0.15, -0.1) is 0 Å². The van der Waals surface area contributed by atoms with Crippen LogP contribution >= 0.6 is 0 Å². The van der Waals surface area contributed by atoms with Crippen LogP contribution in [0.25, 0.3) is 11.0 Å². The Morgan fingerprint density at radius 3 is 2.63 bits per heavy atom. The van der Waals surface area contributed by atoms with E-state index < -0.39 is 0 Å². The maximum absolute atomic E-state index is 9.29. The molecule has 0 amide bonds. The molecule has 2 aromatic heterocycles. The van der Waals surface area contributed by atoms with Crippen molar-refractivity contribution in [2.45, 2.75) is 52.6 Å². The summed E-state index contributed by atoms with van der Waals surface area (Å²) in [6.07, 6.45) is 4.06. The summed E-state index contributed by atoms with van der Waals surface area (Å²) in [4.78, 5) is 13.4. The van der Waals surface area contributed by atoms with Crippen molar-refractivity contribution in [3.8, 4) is 11.8 Å². The van der Waals surface area contributed by atoms with Crippen molar-refractivity contribution in [1.82, 2.24) is 24.3 Å². The number of ether oxygens (including phenoxy) is 1. The SMILES string of the molecule is CN(C)CCOc1cccc(C2CCN(Cc3cc4cnc(C#N)nc4n3CC(C)(C)C)CC2)c1. The first kappa shape index (κ1) is 25.2. The Labute approximate surface area is 209 Å². The molecule has 7 nitrogen and oxygen atoms in total. The first-order valence-electron chi connectivity index (χ1n) is 12.6. The largest absolute Gasteiger partial charge is 0.492 e. The third-order valence-corrected chi connectivity index (χ3v) is 6.56. The van der Waals surface area contributed by atoms with Crippen LogP contribution < -0.4 is 4.74 Å². The molecule has 0 spiro atoms. The van der Waals surface area contributed by atoms with Gasteiger partial charge >= 0.3 is 0 Å². The Balaban J connectivity index is 1.43. The third-order valence-electron chi connectivity index (χ3n) is 6.56. The number of nitriles is 1. The molecule has 0 saturated carbocycles. The molecule has 7 heteroatoms. The predicted molar refractivity (Wildman–Crippen MR) is 139 cm³/mol. The molecular weight excluding hydrogens is 436 g/mol. The monoisotopic (exact) mass is 474 g/mol. The average molecular weight is 475 g/mol. The summed E-state index contributed by atoms with van der Waals surface area (Å²) in [6.45, 7) is 12.2. The quantitative estimate of drug-likeness (QED) is 0.473. The van der Waals surface area contributed by atoms with Crippen molar-refractivity contribution in [2.75, 3.05) is 40.3 Å². The average Bonchev–Trinajstić information content (AvgIpc) is 3.14. The lowest BCUT2D eigenvalue weighted by molar-refractivity contribution is 0.198. The molecule has 35 heavy (non-hydrogen) atoms. The Morgan fingerprint density at radius 2 is 1.94 bits per heavy atom. The molecule has 0 unspecified atom stereocenters. The first-order chi connectivity index (χ1) is 16.7. The van der Waals surface area contributed by atoms with Crippen LogP contribution in [-0.4, -0.2) is 64.7 Å². The minimum absolute atomic E-state index is 0.102. The number of hydrogen-bond acceptors (Lipinski definition) is 6. The van der Waals surface area contributed by atoms with E-state index in [2.05, 4.69) is 95.6 Å². The van der Waals surface area contributed by atoms with E-state index >= 15 is 0 Å². The Bertz CT molecular complexity index is 1180. The van der Waals surface area contributed by atoms with E-state index in [1.54, 1.807) is 6.20 Å². The van der Waals surface area contributed by atoms with Crippen LogP contribution in [0, 0.1) is 16.7 Å². The standard InChI is InChI=1S/C28H38N6O/c1-28(2,3)20-34-24(15-23-18-30-26(17-29)31-27(23)34)19-33-11-9-21(10-12-33)22-7-6-8-25(16-22)35-14-13-32(4)5/h6-8,15-16,18,21H,9-14,19-20H2,1-5H3. The van der Waals surface area contributed by atoms with Gasteiger partial charge in [-0.1, -0.05) is 32.9 Å². The summed E-state index contributed by atoms with van der Waals surface area (Å²) in [5, 5.41) is 10.3. The summed E-state index contributed by atoms with van der Waals surface area (Å²) in [7, 11) is 4.13. The van der Waals surface area contributed by atoms with Crippen molar-refractivity contribution in [2.24, 2.45) is 5.41 Å². The molecule has 1 saturated heterocycles. The molecule has 186 valence electrons. The minimum atomic E-state index is 0.102. The van der Waals surface area contributed by atoms with E-state index in [1.165, 1.54) is 11.3 Å². The number of hydrogen-bond donors (Lipinski definition) is 0. The highest BCUT2D eigenvalue weighted by molar-refractivity contribution is 5.77. The highest BCUT2D eigenvalue weighted by Crippen LogP contribution is 2.32. The molecule has 0 radical (unpaired) electrons. The van der Waals surface area contributed by atoms with Gasteiger partial charge in [-0.25, -0.2) is 9.97 Å². The number of nitrogens with zero attached hydrogens (tertiary/aromatic N) is 6. The Morgan fingerprint density at radius 1 is 1.17 bits per heavy atom. The van der Waals surface area contributed by atoms with Crippen LogP contribution in [0.3, 0.4) is 0 Å². The maximum atomic E-state index is 9.29. The van der Waals surface area contributed by atoms with Crippen molar-refractivity contribution in [3.05, 3.63) is 53.6 Å². The summed E-state index contributed by atoms with van der Waals surface area (Å²) in [5.74, 6) is 1.76. The molecule has 0 atom stereocenters. The zero-order valence-corrected chi connectivity index (χ0v) is 21.8. The van der Waals surface area contributed by atoms with Crippen LogP contribution in [0.1, 0.15) is 56.6 Å². The van der Waals surface area contributed by atoms with E-state index in [9.17, 15) is 5.26 Å². The number of aromatic nitrogens is 3. The second-order valence-electron chi connectivity index (χ2n) is 11.1.